The molecule has 1 aromatic carbocycles. The lowest BCUT2D eigenvalue weighted by molar-refractivity contribution is -0.136. The van der Waals surface area contributed by atoms with Gasteiger partial charge in [-0.1, -0.05) is 6.92 Å². The third kappa shape index (κ3) is 6.49. The van der Waals surface area contributed by atoms with E-state index in [-0.39, 0.29) is 30.9 Å². The number of thiophene rings is 1. The third-order valence-electron chi connectivity index (χ3n) is 5.36. The summed E-state index contributed by atoms with van der Waals surface area (Å²) in [5, 5.41) is 12.2. The van der Waals surface area contributed by atoms with Crippen molar-refractivity contribution in [2.24, 2.45) is 0 Å². The number of halogens is 1. The molecule has 170 valence electrons. The molecular weight excluding hydrogens is 419 g/mol. The monoisotopic (exact) mass is 450 g/mol. The molecule has 31 heavy (non-hydrogen) atoms. The van der Waals surface area contributed by atoms with E-state index in [0.29, 0.717) is 25.4 Å². The number of carbonyl (C=O) groups excluding carboxylic acids is 1. The van der Waals surface area contributed by atoms with Crippen molar-refractivity contribution in [1.29, 1.82) is 0 Å². The van der Waals surface area contributed by atoms with Gasteiger partial charge in [-0.05, 0) is 60.7 Å². The van der Waals surface area contributed by atoms with E-state index in [1.165, 1.54) is 17.0 Å². The zero-order valence-electron chi connectivity index (χ0n) is 18.1. The number of aliphatic hydroxyl groups excluding tert-OH is 1. The zero-order chi connectivity index (χ0) is 22.2. The van der Waals surface area contributed by atoms with Crippen LogP contribution in [0, 0.1) is 5.82 Å². The number of aliphatic hydroxyl groups is 1. The van der Waals surface area contributed by atoms with Gasteiger partial charge in [-0.25, -0.2) is 4.39 Å². The lowest BCUT2D eigenvalue weighted by Crippen LogP contribution is -2.48. The van der Waals surface area contributed by atoms with Crippen LogP contribution in [0.5, 0.6) is 5.75 Å². The number of fused-ring (bicyclic) bond motifs is 1. The summed E-state index contributed by atoms with van der Waals surface area (Å²) in [4.78, 5) is 18.4. The molecule has 0 unspecified atom stereocenters. The van der Waals surface area contributed by atoms with Gasteiger partial charge in [0.2, 0.25) is 5.91 Å². The molecule has 8 heteroatoms. The number of methoxy groups -OCH3 is 1. The van der Waals surface area contributed by atoms with Gasteiger partial charge in [-0.15, -0.1) is 11.3 Å². The highest BCUT2D eigenvalue weighted by atomic mass is 32.1. The Balaban J connectivity index is 1.70. The summed E-state index contributed by atoms with van der Waals surface area (Å²) in [5.41, 5.74) is 1.12. The first-order chi connectivity index (χ1) is 15.0. The van der Waals surface area contributed by atoms with E-state index in [1.54, 1.807) is 30.6 Å². The molecule has 1 N–H and O–H groups in total. The Kier molecular flexibility index (Phi) is 8.83. The molecule has 2 atom stereocenters. The van der Waals surface area contributed by atoms with Gasteiger partial charge >= 0.3 is 0 Å². The second kappa shape index (κ2) is 11.6. The first-order valence-corrected chi connectivity index (χ1v) is 11.5. The van der Waals surface area contributed by atoms with E-state index in [1.807, 2.05) is 15.2 Å². The van der Waals surface area contributed by atoms with Gasteiger partial charge in [0, 0.05) is 25.1 Å². The number of nitrogens with zero attached hydrogens (tertiary/aromatic N) is 2. The van der Waals surface area contributed by atoms with Crippen LogP contribution in [-0.2, 0) is 16.0 Å². The molecule has 1 aromatic heterocycles. The lowest BCUT2D eigenvalue weighted by Gasteiger charge is -2.37. The Hall–Kier alpha value is -2.00. The molecule has 2 heterocycles. The van der Waals surface area contributed by atoms with Crippen molar-refractivity contribution in [3.63, 3.8) is 0 Å². The average Bonchev–Trinajstić information content (AvgIpc) is 3.22. The van der Waals surface area contributed by atoms with Crippen LogP contribution in [0.25, 0.3) is 0 Å². The van der Waals surface area contributed by atoms with E-state index in [4.69, 9.17) is 9.47 Å². The average molecular weight is 451 g/mol. The summed E-state index contributed by atoms with van der Waals surface area (Å²) in [5.74, 6) is 0.280. The summed E-state index contributed by atoms with van der Waals surface area (Å²) >= 11 is 1.70. The third-order valence-corrected chi connectivity index (χ3v) is 6.36. The van der Waals surface area contributed by atoms with Gasteiger partial charge in [0.1, 0.15) is 18.2 Å². The SMILES string of the molecule is CCCN(CC(=O)N1CCc2sccc2[C@H]1COc1ccc(F)cc1)C[C@@H](O)COC. The topological polar surface area (TPSA) is 62.2 Å². The van der Waals surface area contributed by atoms with E-state index < -0.39 is 6.10 Å². The van der Waals surface area contributed by atoms with Crippen molar-refractivity contribution in [3.8, 4) is 5.75 Å². The van der Waals surface area contributed by atoms with Crippen molar-refractivity contribution in [2.75, 3.05) is 46.5 Å². The summed E-state index contributed by atoms with van der Waals surface area (Å²) in [7, 11) is 1.55. The summed E-state index contributed by atoms with van der Waals surface area (Å²) < 4.78 is 24.1. The molecular formula is C23H31FN2O4S. The normalized spacial score (nSPS) is 16.9. The van der Waals surface area contributed by atoms with Crippen molar-refractivity contribution < 1.29 is 23.8 Å². The van der Waals surface area contributed by atoms with Gasteiger partial charge in [0.15, 0.2) is 0 Å². The zero-order valence-corrected chi connectivity index (χ0v) is 18.9. The van der Waals surface area contributed by atoms with Crippen LogP contribution in [0.4, 0.5) is 4.39 Å². The standard InChI is InChI=1S/C23H31FN2O4S/c1-3-10-25(13-18(27)15-29-2)14-23(28)26-11-8-22-20(9-12-31-22)21(26)16-30-19-6-4-17(24)5-7-19/h4-7,9,12,18,21,27H,3,8,10-11,13-16H2,1-2H3/t18-,21-/m1/s1. The number of benzene rings is 1. The van der Waals surface area contributed by atoms with Crippen LogP contribution in [0.15, 0.2) is 35.7 Å². The molecule has 1 aliphatic heterocycles. The second-order valence-electron chi connectivity index (χ2n) is 7.76. The maximum absolute atomic E-state index is 13.3. The number of amides is 1. The smallest absolute Gasteiger partial charge is 0.237 e. The van der Waals surface area contributed by atoms with E-state index >= 15 is 0 Å². The van der Waals surface area contributed by atoms with Gasteiger partial charge in [0.05, 0.1) is 25.3 Å². The number of ether oxygens (including phenoxy) is 2. The summed E-state index contributed by atoms with van der Waals surface area (Å²) in [6, 6.07) is 7.79. The summed E-state index contributed by atoms with van der Waals surface area (Å²) in [6.45, 7) is 4.58. The second-order valence-corrected chi connectivity index (χ2v) is 8.76. The Morgan fingerprint density at radius 3 is 2.84 bits per heavy atom. The highest BCUT2D eigenvalue weighted by Gasteiger charge is 2.33. The molecule has 0 radical (unpaired) electrons. The van der Waals surface area contributed by atoms with Crippen LogP contribution in [0.2, 0.25) is 0 Å². The van der Waals surface area contributed by atoms with Crippen molar-refractivity contribution >= 4 is 17.2 Å². The molecule has 1 amide bonds. The fourth-order valence-corrected chi connectivity index (χ4v) is 4.89. The van der Waals surface area contributed by atoms with Crippen LogP contribution >= 0.6 is 11.3 Å². The van der Waals surface area contributed by atoms with E-state index in [9.17, 15) is 14.3 Å². The molecule has 6 nitrogen and oxygen atoms in total. The predicted molar refractivity (Wildman–Crippen MR) is 119 cm³/mol. The summed E-state index contributed by atoms with van der Waals surface area (Å²) in [6.07, 6.45) is 1.08. The molecule has 0 bridgehead atoms. The number of hydrogen-bond donors (Lipinski definition) is 1. The van der Waals surface area contributed by atoms with Gasteiger partial charge in [-0.3, -0.25) is 9.69 Å². The molecule has 0 saturated heterocycles. The van der Waals surface area contributed by atoms with Gasteiger partial charge < -0.3 is 19.5 Å². The minimum Gasteiger partial charge on any atom is -0.491 e. The first kappa shape index (κ1) is 23.7. The van der Waals surface area contributed by atoms with Crippen molar-refractivity contribution in [3.05, 3.63) is 52.0 Å². The Morgan fingerprint density at radius 1 is 1.35 bits per heavy atom. The van der Waals surface area contributed by atoms with Gasteiger partial charge in [0.25, 0.3) is 0 Å². The molecule has 0 spiro atoms. The van der Waals surface area contributed by atoms with Crippen LogP contribution < -0.4 is 4.74 Å². The van der Waals surface area contributed by atoms with Crippen molar-refractivity contribution in [2.45, 2.75) is 31.9 Å². The molecule has 0 fully saturated rings. The van der Waals surface area contributed by atoms with Crippen LogP contribution in [0.1, 0.15) is 29.8 Å². The number of hydrogen-bond acceptors (Lipinski definition) is 6. The maximum atomic E-state index is 13.3. The minimum absolute atomic E-state index is 0.0163. The highest BCUT2D eigenvalue weighted by Crippen LogP contribution is 2.34. The number of rotatable bonds is 11. The maximum Gasteiger partial charge on any atom is 0.237 e. The van der Waals surface area contributed by atoms with Crippen LogP contribution in [0.3, 0.4) is 0 Å². The largest absolute Gasteiger partial charge is 0.491 e. The molecule has 1 aliphatic rings. The molecule has 3 rings (SSSR count). The predicted octanol–water partition coefficient (Wildman–Crippen LogP) is 3.11. The molecule has 2 aromatic rings. The fraction of sp³-hybridized carbons (Fsp3) is 0.522. The quantitative estimate of drug-likeness (QED) is 0.570. The Morgan fingerprint density at radius 2 is 2.13 bits per heavy atom. The van der Waals surface area contributed by atoms with Crippen LogP contribution in [-0.4, -0.2) is 73.4 Å². The van der Waals surface area contributed by atoms with Gasteiger partial charge in [-0.2, -0.15) is 0 Å². The molecule has 0 aliphatic carbocycles. The fourth-order valence-electron chi connectivity index (χ4n) is 3.96. The van der Waals surface area contributed by atoms with E-state index in [2.05, 4.69) is 13.0 Å². The lowest BCUT2D eigenvalue weighted by atomic mass is 10.0. The number of carbonyl (C=O) groups is 1. The van der Waals surface area contributed by atoms with Crippen molar-refractivity contribution in [1.82, 2.24) is 9.80 Å². The van der Waals surface area contributed by atoms with E-state index in [0.717, 1.165) is 24.9 Å². The first-order valence-electron chi connectivity index (χ1n) is 10.6. The molecule has 0 saturated carbocycles. The minimum atomic E-state index is -0.633. The highest BCUT2D eigenvalue weighted by molar-refractivity contribution is 7.10. The Labute approximate surface area is 187 Å². The Bertz CT molecular complexity index is 829.